The van der Waals surface area contributed by atoms with Crippen molar-refractivity contribution >= 4 is 17.7 Å². The number of anilines is 1. The van der Waals surface area contributed by atoms with Crippen molar-refractivity contribution in [1.82, 2.24) is 0 Å². The number of fused-ring (bicyclic) bond motifs is 1. The average Bonchev–Trinajstić information content (AvgIpc) is 3.05. The summed E-state index contributed by atoms with van der Waals surface area (Å²) >= 11 is 0. The van der Waals surface area contributed by atoms with Gasteiger partial charge < -0.3 is 9.64 Å². The second kappa shape index (κ2) is 7.36. The topological polar surface area (TPSA) is 29.5 Å². The summed E-state index contributed by atoms with van der Waals surface area (Å²) in [5.41, 5.74) is 8.21. The molecule has 0 spiro atoms. The monoisotopic (exact) mass is 349 g/mol. The van der Waals surface area contributed by atoms with E-state index < -0.39 is 0 Å². The lowest BCUT2D eigenvalue weighted by Gasteiger charge is -2.20. The van der Waals surface area contributed by atoms with Gasteiger partial charge in [0.25, 0.3) is 0 Å². The van der Waals surface area contributed by atoms with E-state index in [9.17, 15) is 4.79 Å². The molecule has 1 heterocycles. The van der Waals surface area contributed by atoms with Crippen molar-refractivity contribution in [3.63, 3.8) is 0 Å². The van der Waals surface area contributed by atoms with Crippen LogP contribution in [0.1, 0.15) is 41.7 Å². The maximum Gasteiger partial charge on any atom is 0.223 e. The van der Waals surface area contributed by atoms with Gasteiger partial charge in [-0.25, -0.2) is 0 Å². The van der Waals surface area contributed by atoms with Crippen LogP contribution in [-0.4, -0.2) is 19.1 Å². The van der Waals surface area contributed by atoms with Crippen molar-refractivity contribution in [2.45, 2.75) is 41.0 Å². The first-order valence-corrected chi connectivity index (χ1v) is 9.14. The number of hydrogen-bond donors (Lipinski definition) is 0. The number of amides is 1. The van der Waals surface area contributed by atoms with Gasteiger partial charge >= 0.3 is 0 Å². The highest BCUT2D eigenvalue weighted by atomic mass is 16.5. The Morgan fingerprint density at radius 3 is 2.50 bits per heavy atom. The lowest BCUT2D eigenvalue weighted by molar-refractivity contribution is -0.116. The first-order valence-electron chi connectivity index (χ1n) is 9.14. The summed E-state index contributed by atoms with van der Waals surface area (Å²) in [6, 6.07) is 10.6. The standard InChI is InChI=1S/C23H27NO2/c1-15-6-8-20(9-7-15)12-16(2)14-26-22-13-17(3)23-21(18(22)4)10-11-24(23)19(5)25/h6-9,12-13H,10-11,14H2,1-5H3/b16-12+. The molecule has 0 fully saturated rings. The molecule has 0 aliphatic carbocycles. The van der Waals surface area contributed by atoms with E-state index in [4.69, 9.17) is 4.74 Å². The maximum absolute atomic E-state index is 11.9. The third-order valence-electron chi connectivity index (χ3n) is 5.01. The van der Waals surface area contributed by atoms with Crippen LogP contribution in [0, 0.1) is 20.8 Å². The Bertz CT molecular complexity index is 863. The summed E-state index contributed by atoms with van der Waals surface area (Å²) in [5.74, 6) is 1.03. The van der Waals surface area contributed by atoms with Crippen LogP contribution < -0.4 is 9.64 Å². The molecule has 26 heavy (non-hydrogen) atoms. The molecule has 136 valence electrons. The second-order valence-corrected chi connectivity index (χ2v) is 7.25. The van der Waals surface area contributed by atoms with Crippen LogP contribution in [0.2, 0.25) is 0 Å². The SMILES string of the molecule is CC(=O)N1CCc2c(C)c(OC/C(C)=C/c3ccc(C)cc3)cc(C)c21. The zero-order chi connectivity index (χ0) is 18.8. The van der Waals surface area contributed by atoms with Crippen LogP contribution >= 0.6 is 0 Å². The van der Waals surface area contributed by atoms with Gasteiger partial charge in [-0.2, -0.15) is 0 Å². The fourth-order valence-electron chi connectivity index (χ4n) is 3.60. The van der Waals surface area contributed by atoms with Gasteiger partial charge in [0.15, 0.2) is 0 Å². The summed E-state index contributed by atoms with van der Waals surface area (Å²) in [4.78, 5) is 13.7. The van der Waals surface area contributed by atoms with Gasteiger partial charge in [-0.15, -0.1) is 0 Å². The third kappa shape index (κ3) is 3.67. The van der Waals surface area contributed by atoms with Crippen molar-refractivity contribution in [1.29, 1.82) is 0 Å². The van der Waals surface area contributed by atoms with Crippen LogP contribution in [0.25, 0.3) is 6.08 Å². The largest absolute Gasteiger partial charge is 0.489 e. The summed E-state index contributed by atoms with van der Waals surface area (Å²) < 4.78 is 6.12. The van der Waals surface area contributed by atoms with E-state index >= 15 is 0 Å². The van der Waals surface area contributed by atoms with Gasteiger partial charge in [-0.05, 0) is 68.0 Å². The van der Waals surface area contributed by atoms with Crippen molar-refractivity contribution in [2.75, 3.05) is 18.1 Å². The number of hydrogen-bond acceptors (Lipinski definition) is 2. The highest BCUT2D eigenvalue weighted by molar-refractivity contribution is 5.95. The molecule has 0 aromatic heterocycles. The van der Waals surface area contributed by atoms with Gasteiger partial charge in [-0.1, -0.05) is 35.9 Å². The predicted molar refractivity (Wildman–Crippen MR) is 108 cm³/mol. The van der Waals surface area contributed by atoms with Gasteiger partial charge in [0.05, 0.1) is 5.69 Å². The molecule has 3 nitrogen and oxygen atoms in total. The van der Waals surface area contributed by atoms with Gasteiger partial charge in [0.2, 0.25) is 5.91 Å². The zero-order valence-corrected chi connectivity index (χ0v) is 16.3. The number of carbonyl (C=O) groups excluding carboxylic acids is 1. The van der Waals surface area contributed by atoms with Gasteiger partial charge in [-0.3, -0.25) is 4.79 Å². The van der Waals surface area contributed by atoms with Crippen LogP contribution in [0.5, 0.6) is 5.75 Å². The Kier molecular flexibility index (Phi) is 5.17. The summed E-state index contributed by atoms with van der Waals surface area (Å²) in [6.45, 7) is 11.3. The predicted octanol–water partition coefficient (Wildman–Crippen LogP) is 5.00. The lowest BCUT2D eigenvalue weighted by Crippen LogP contribution is -2.26. The summed E-state index contributed by atoms with van der Waals surface area (Å²) in [5, 5.41) is 0. The minimum Gasteiger partial charge on any atom is -0.489 e. The molecule has 1 aliphatic heterocycles. The van der Waals surface area contributed by atoms with Crippen molar-refractivity contribution < 1.29 is 9.53 Å². The molecule has 2 aromatic rings. The zero-order valence-electron chi connectivity index (χ0n) is 16.3. The highest BCUT2D eigenvalue weighted by Crippen LogP contribution is 2.38. The van der Waals surface area contributed by atoms with E-state index in [1.165, 1.54) is 22.3 Å². The molecule has 0 N–H and O–H groups in total. The Labute approximate surface area is 156 Å². The number of nitrogens with zero attached hydrogens (tertiary/aromatic N) is 1. The molecule has 1 aliphatic rings. The lowest BCUT2D eigenvalue weighted by atomic mass is 10.0. The van der Waals surface area contributed by atoms with E-state index in [2.05, 4.69) is 64.1 Å². The molecule has 1 amide bonds. The first-order chi connectivity index (χ1) is 12.4. The molecular formula is C23H27NO2. The number of rotatable bonds is 4. The molecule has 0 saturated heterocycles. The molecule has 0 radical (unpaired) electrons. The molecule has 3 rings (SSSR count). The molecule has 0 atom stereocenters. The highest BCUT2D eigenvalue weighted by Gasteiger charge is 2.27. The first kappa shape index (κ1) is 18.2. The van der Waals surface area contributed by atoms with E-state index in [0.29, 0.717) is 6.61 Å². The molecule has 0 bridgehead atoms. The molecule has 0 saturated carbocycles. The Hall–Kier alpha value is -2.55. The van der Waals surface area contributed by atoms with Gasteiger partial charge in [0, 0.05) is 13.5 Å². The third-order valence-corrected chi connectivity index (χ3v) is 5.01. The number of benzene rings is 2. The second-order valence-electron chi connectivity index (χ2n) is 7.25. The number of aryl methyl sites for hydroxylation is 2. The quantitative estimate of drug-likeness (QED) is 0.777. The van der Waals surface area contributed by atoms with E-state index in [1.54, 1.807) is 6.92 Å². The minimum atomic E-state index is 0.108. The van der Waals surface area contributed by atoms with Crippen molar-refractivity contribution in [3.8, 4) is 5.75 Å². The Balaban J connectivity index is 1.78. The smallest absolute Gasteiger partial charge is 0.223 e. The fourth-order valence-corrected chi connectivity index (χ4v) is 3.60. The molecular weight excluding hydrogens is 322 g/mol. The Morgan fingerprint density at radius 1 is 1.15 bits per heavy atom. The van der Waals surface area contributed by atoms with E-state index in [-0.39, 0.29) is 5.91 Å². The molecule has 3 heteroatoms. The summed E-state index contributed by atoms with van der Waals surface area (Å²) in [6.07, 6.45) is 3.06. The molecule has 2 aromatic carbocycles. The number of ether oxygens (including phenoxy) is 1. The Morgan fingerprint density at radius 2 is 1.85 bits per heavy atom. The van der Waals surface area contributed by atoms with Crippen LogP contribution in [-0.2, 0) is 11.2 Å². The van der Waals surface area contributed by atoms with Crippen LogP contribution in [0.15, 0.2) is 35.9 Å². The molecule has 0 unspecified atom stereocenters. The minimum absolute atomic E-state index is 0.108. The maximum atomic E-state index is 11.9. The van der Waals surface area contributed by atoms with Crippen LogP contribution in [0.4, 0.5) is 5.69 Å². The fraction of sp³-hybridized carbons (Fsp3) is 0.348. The van der Waals surface area contributed by atoms with Crippen molar-refractivity contribution in [2.24, 2.45) is 0 Å². The normalized spacial score (nSPS) is 13.7. The van der Waals surface area contributed by atoms with E-state index in [0.717, 1.165) is 35.5 Å². The van der Waals surface area contributed by atoms with Gasteiger partial charge in [0.1, 0.15) is 12.4 Å². The van der Waals surface area contributed by atoms with E-state index in [1.807, 2.05) is 4.90 Å². The van der Waals surface area contributed by atoms with Crippen molar-refractivity contribution in [3.05, 3.63) is 63.7 Å². The summed E-state index contributed by atoms with van der Waals surface area (Å²) in [7, 11) is 0. The average molecular weight is 349 g/mol. The van der Waals surface area contributed by atoms with Crippen LogP contribution in [0.3, 0.4) is 0 Å². The number of carbonyl (C=O) groups is 1.